The molecule has 0 bridgehead atoms. The number of carbonyl (C=O) groups excluding carboxylic acids is 2. The largest absolute Gasteiger partial charge is 0.481 e. The monoisotopic (exact) mass is 310 g/mol. The van der Waals surface area contributed by atoms with Gasteiger partial charge in [-0.05, 0) is 37.0 Å². The van der Waals surface area contributed by atoms with Gasteiger partial charge in [0.1, 0.15) is 0 Å². The van der Waals surface area contributed by atoms with Crippen LogP contribution in [0, 0.1) is 17.3 Å². The molecule has 1 saturated heterocycles. The molecule has 1 aliphatic carbocycles. The Bertz CT molecular complexity index is 453. The summed E-state index contributed by atoms with van der Waals surface area (Å²) in [5.74, 6) is -0.609. The number of carboxylic acids is 1. The molecule has 1 spiro atoms. The topological polar surface area (TPSA) is 86.7 Å². The molecule has 2 rings (SSSR count). The standard InChI is InChI=1S/C16H26N2O4/c1-11(2)3-4-13(19)17-10-14(20)18-7-5-16(6-8-18)9-12(16)15(21)22/h11-12H,3-10H2,1-2H3,(H,17,19)(H,21,22). The molecule has 0 aromatic heterocycles. The second-order valence-corrected chi connectivity index (χ2v) is 7.05. The van der Waals surface area contributed by atoms with E-state index >= 15 is 0 Å². The maximum Gasteiger partial charge on any atom is 0.307 e. The highest BCUT2D eigenvalue weighted by atomic mass is 16.4. The molecular formula is C16H26N2O4. The van der Waals surface area contributed by atoms with Crippen LogP contribution in [0.3, 0.4) is 0 Å². The number of hydrogen-bond acceptors (Lipinski definition) is 3. The highest BCUT2D eigenvalue weighted by Gasteiger charge is 2.59. The summed E-state index contributed by atoms with van der Waals surface area (Å²) in [6.07, 6.45) is 3.54. The number of nitrogens with one attached hydrogen (secondary N) is 1. The fourth-order valence-corrected chi connectivity index (χ4v) is 3.25. The number of hydrogen-bond donors (Lipinski definition) is 2. The molecule has 0 aromatic rings. The molecule has 2 amide bonds. The minimum Gasteiger partial charge on any atom is -0.481 e. The molecule has 22 heavy (non-hydrogen) atoms. The Morgan fingerprint density at radius 1 is 1.27 bits per heavy atom. The molecule has 6 heteroatoms. The molecule has 0 aromatic carbocycles. The van der Waals surface area contributed by atoms with E-state index in [1.807, 2.05) is 0 Å². The first-order chi connectivity index (χ1) is 10.3. The van der Waals surface area contributed by atoms with Crippen LogP contribution in [0.15, 0.2) is 0 Å². The van der Waals surface area contributed by atoms with Crippen LogP contribution in [0.4, 0.5) is 0 Å². The molecule has 6 nitrogen and oxygen atoms in total. The Labute approximate surface area is 131 Å². The van der Waals surface area contributed by atoms with Crippen molar-refractivity contribution in [1.29, 1.82) is 0 Å². The summed E-state index contributed by atoms with van der Waals surface area (Å²) in [5, 5.41) is 11.7. The second kappa shape index (κ2) is 6.67. The molecule has 0 radical (unpaired) electrons. The lowest BCUT2D eigenvalue weighted by molar-refractivity contribution is -0.140. The summed E-state index contributed by atoms with van der Waals surface area (Å²) in [6.45, 7) is 5.37. The summed E-state index contributed by atoms with van der Waals surface area (Å²) in [6, 6.07) is 0. The van der Waals surface area contributed by atoms with Gasteiger partial charge in [0.15, 0.2) is 0 Å². The number of carbonyl (C=O) groups is 3. The van der Waals surface area contributed by atoms with E-state index in [1.54, 1.807) is 4.90 Å². The fraction of sp³-hybridized carbons (Fsp3) is 0.812. The maximum absolute atomic E-state index is 12.1. The maximum atomic E-state index is 12.1. The summed E-state index contributed by atoms with van der Waals surface area (Å²) in [5.41, 5.74) is -0.0663. The number of rotatable bonds is 6. The van der Waals surface area contributed by atoms with Crippen LogP contribution in [0.1, 0.15) is 46.0 Å². The van der Waals surface area contributed by atoms with Gasteiger partial charge in [-0.3, -0.25) is 14.4 Å². The summed E-state index contributed by atoms with van der Waals surface area (Å²) >= 11 is 0. The first kappa shape index (κ1) is 16.8. The zero-order valence-corrected chi connectivity index (χ0v) is 13.4. The van der Waals surface area contributed by atoms with Gasteiger partial charge in [-0.1, -0.05) is 13.8 Å². The lowest BCUT2D eigenvalue weighted by Gasteiger charge is -2.32. The number of piperidine rings is 1. The van der Waals surface area contributed by atoms with Crippen molar-refractivity contribution in [3.05, 3.63) is 0 Å². The van der Waals surface area contributed by atoms with Crippen molar-refractivity contribution in [3.63, 3.8) is 0 Å². The second-order valence-electron chi connectivity index (χ2n) is 7.05. The van der Waals surface area contributed by atoms with Crippen LogP contribution >= 0.6 is 0 Å². The molecule has 1 heterocycles. The Morgan fingerprint density at radius 2 is 1.91 bits per heavy atom. The van der Waals surface area contributed by atoms with E-state index in [1.165, 1.54) is 0 Å². The predicted molar refractivity (Wildman–Crippen MR) is 81.1 cm³/mol. The van der Waals surface area contributed by atoms with E-state index in [0.717, 1.165) is 25.7 Å². The van der Waals surface area contributed by atoms with Crippen LogP contribution < -0.4 is 5.32 Å². The van der Waals surface area contributed by atoms with E-state index in [-0.39, 0.29) is 29.7 Å². The molecule has 2 N–H and O–H groups in total. The van der Waals surface area contributed by atoms with E-state index in [9.17, 15) is 14.4 Å². The molecule has 1 atom stereocenters. The number of nitrogens with zero attached hydrogens (tertiary/aromatic N) is 1. The van der Waals surface area contributed by atoms with Crippen molar-refractivity contribution in [3.8, 4) is 0 Å². The average Bonchev–Trinajstić information content (AvgIpc) is 3.17. The third-order valence-corrected chi connectivity index (χ3v) is 4.99. The predicted octanol–water partition coefficient (Wildman–Crippen LogP) is 1.25. The van der Waals surface area contributed by atoms with Crippen molar-refractivity contribution in [2.75, 3.05) is 19.6 Å². The molecule has 1 aliphatic heterocycles. The number of aliphatic carboxylic acids is 1. The molecule has 1 saturated carbocycles. The van der Waals surface area contributed by atoms with E-state index in [0.29, 0.717) is 25.4 Å². The van der Waals surface area contributed by atoms with E-state index < -0.39 is 5.97 Å². The van der Waals surface area contributed by atoms with E-state index in [2.05, 4.69) is 19.2 Å². The average molecular weight is 310 g/mol. The van der Waals surface area contributed by atoms with Crippen LogP contribution in [-0.4, -0.2) is 47.4 Å². The first-order valence-electron chi connectivity index (χ1n) is 8.11. The van der Waals surface area contributed by atoms with Gasteiger partial charge in [0.25, 0.3) is 0 Å². The van der Waals surface area contributed by atoms with Crippen molar-refractivity contribution in [1.82, 2.24) is 10.2 Å². The quantitative estimate of drug-likeness (QED) is 0.773. The van der Waals surface area contributed by atoms with Crippen LogP contribution in [0.25, 0.3) is 0 Å². The third-order valence-electron chi connectivity index (χ3n) is 4.99. The minimum absolute atomic E-state index is 0.0479. The van der Waals surface area contributed by atoms with Crippen molar-refractivity contribution >= 4 is 17.8 Å². The van der Waals surface area contributed by atoms with Gasteiger partial charge in [0, 0.05) is 19.5 Å². The number of likely N-dealkylation sites (tertiary alicyclic amines) is 1. The highest BCUT2D eigenvalue weighted by Crippen LogP contribution is 2.59. The summed E-state index contributed by atoms with van der Waals surface area (Å²) in [7, 11) is 0. The molecule has 2 aliphatic rings. The van der Waals surface area contributed by atoms with Gasteiger partial charge in [-0.25, -0.2) is 0 Å². The first-order valence-corrected chi connectivity index (χ1v) is 8.11. The van der Waals surface area contributed by atoms with Gasteiger partial charge in [-0.2, -0.15) is 0 Å². The van der Waals surface area contributed by atoms with Gasteiger partial charge < -0.3 is 15.3 Å². The Hall–Kier alpha value is -1.59. The van der Waals surface area contributed by atoms with Crippen LogP contribution in [0.2, 0.25) is 0 Å². The van der Waals surface area contributed by atoms with Gasteiger partial charge in [-0.15, -0.1) is 0 Å². The SMILES string of the molecule is CC(C)CCC(=O)NCC(=O)N1CCC2(CC1)CC2C(=O)O. The van der Waals surface area contributed by atoms with Gasteiger partial charge in [0.2, 0.25) is 11.8 Å². The molecular weight excluding hydrogens is 284 g/mol. The van der Waals surface area contributed by atoms with Crippen LogP contribution in [-0.2, 0) is 14.4 Å². The smallest absolute Gasteiger partial charge is 0.307 e. The van der Waals surface area contributed by atoms with Crippen molar-refractivity contribution in [2.24, 2.45) is 17.3 Å². The van der Waals surface area contributed by atoms with Crippen molar-refractivity contribution < 1.29 is 19.5 Å². The minimum atomic E-state index is -0.711. The molecule has 124 valence electrons. The summed E-state index contributed by atoms with van der Waals surface area (Å²) < 4.78 is 0. The zero-order chi connectivity index (χ0) is 16.3. The van der Waals surface area contributed by atoms with E-state index in [4.69, 9.17) is 5.11 Å². The Balaban J connectivity index is 1.68. The van der Waals surface area contributed by atoms with Gasteiger partial charge >= 0.3 is 5.97 Å². The lowest BCUT2D eigenvalue weighted by Crippen LogP contribution is -2.45. The zero-order valence-electron chi connectivity index (χ0n) is 13.4. The number of carboxylic acid groups (broad SMARTS) is 1. The van der Waals surface area contributed by atoms with Crippen LogP contribution in [0.5, 0.6) is 0 Å². The highest BCUT2D eigenvalue weighted by molar-refractivity contribution is 5.84. The normalized spacial score (nSPS) is 22.7. The van der Waals surface area contributed by atoms with Gasteiger partial charge in [0.05, 0.1) is 12.5 Å². The number of amides is 2. The lowest BCUT2D eigenvalue weighted by atomic mass is 9.91. The third kappa shape index (κ3) is 3.99. The van der Waals surface area contributed by atoms with Crippen molar-refractivity contribution in [2.45, 2.75) is 46.0 Å². The molecule has 1 unspecified atom stereocenters. The fourth-order valence-electron chi connectivity index (χ4n) is 3.25. The summed E-state index contributed by atoms with van der Waals surface area (Å²) in [4.78, 5) is 36.5. The Kier molecular flexibility index (Phi) is 5.08. The molecule has 2 fully saturated rings. The Morgan fingerprint density at radius 3 is 2.41 bits per heavy atom.